The van der Waals surface area contributed by atoms with E-state index in [9.17, 15) is 8.42 Å². The van der Waals surface area contributed by atoms with Crippen molar-refractivity contribution in [1.82, 2.24) is 14.5 Å². The molecule has 1 aliphatic heterocycles. The molecule has 136 valence electrons. The van der Waals surface area contributed by atoms with E-state index in [-0.39, 0.29) is 10.9 Å². The van der Waals surface area contributed by atoms with Crippen LogP contribution in [0.4, 0.5) is 5.69 Å². The van der Waals surface area contributed by atoms with Gasteiger partial charge in [0.05, 0.1) is 6.20 Å². The Bertz CT molecular complexity index is 806. The van der Waals surface area contributed by atoms with Crippen molar-refractivity contribution in [3.63, 3.8) is 0 Å². The Kier molecular flexibility index (Phi) is 5.15. The van der Waals surface area contributed by atoms with E-state index >= 15 is 0 Å². The van der Waals surface area contributed by atoms with Crippen LogP contribution in [0.25, 0.3) is 0 Å². The maximum atomic E-state index is 12.4. The third-order valence-electron chi connectivity index (χ3n) is 4.87. The maximum Gasteiger partial charge on any atom is 0.244 e. The predicted octanol–water partition coefficient (Wildman–Crippen LogP) is 2.70. The zero-order valence-electron chi connectivity index (χ0n) is 15.0. The molecule has 0 unspecified atom stereocenters. The highest BCUT2D eigenvalue weighted by Crippen LogP contribution is 2.25. The number of sulfonamides is 1. The molecule has 1 aliphatic rings. The molecule has 0 saturated carbocycles. The molecular formula is C18H26N4O2S. The highest BCUT2D eigenvalue weighted by molar-refractivity contribution is 7.89. The summed E-state index contributed by atoms with van der Waals surface area (Å²) in [5.74, 6) is 0.803. The highest BCUT2D eigenvalue weighted by Gasteiger charge is 2.20. The van der Waals surface area contributed by atoms with Crippen LogP contribution in [0.2, 0.25) is 0 Å². The van der Waals surface area contributed by atoms with Gasteiger partial charge in [0.2, 0.25) is 10.0 Å². The van der Waals surface area contributed by atoms with Gasteiger partial charge in [-0.2, -0.15) is 5.10 Å². The van der Waals surface area contributed by atoms with Crippen molar-refractivity contribution in [2.45, 2.75) is 37.6 Å². The lowest BCUT2D eigenvalue weighted by atomic mass is 9.98. The van der Waals surface area contributed by atoms with Gasteiger partial charge in [-0.15, -0.1) is 0 Å². The second kappa shape index (κ2) is 7.17. The molecule has 7 heteroatoms. The average Bonchev–Trinajstić information content (AvgIpc) is 3.03. The summed E-state index contributed by atoms with van der Waals surface area (Å²) in [6.45, 7) is 6.33. The minimum atomic E-state index is -3.57. The zero-order valence-corrected chi connectivity index (χ0v) is 15.8. The van der Waals surface area contributed by atoms with E-state index in [0.29, 0.717) is 0 Å². The number of aromatic nitrogens is 2. The molecule has 6 nitrogen and oxygen atoms in total. The van der Waals surface area contributed by atoms with Crippen molar-refractivity contribution in [2.24, 2.45) is 13.0 Å². The fourth-order valence-corrected chi connectivity index (χ4v) is 4.36. The second-order valence-electron chi connectivity index (χ2n) is 6.95. The third kappa shape index (κ3) is 4.22. The van der Waals surface area contributed by atoms with Gasteiger partial charge in [-0.3, -0.25) is 4.68 Å². The average molecular weight is 362 g/mol. The molecule has 1 saturated heterocycles. The third-order valence-corrected chi connectivity index (χ3v) is 6.36. The van der Waals surface area contributed by atoms with Crippen molar-refractivity contribution in [2.75, 3.05) is 18.0 Å². The van der Waals surface area contributed by atoms with Crippen molar-refractivity contribution >= 4 is 15.7 Å². The first-order chi connectivity index (χ1) is 11.8. The number of anilines is 1. The Morgan fingerprint density at radius 3 is 2.40 bits per heavy atom. The molecule has 0 bridgehead atoms. The Hall–Kier alpha value is -1.86. The van der Waals surface area contributed by atoms with Crippen LogP contribution >= 0.6 is 0 Å². The van der Waals surface area contributed by atoms with Crippen LogP contribution in [0, 0.1) is 5.92 Å². The van der Waals surface area contributed by atoms with Crippen molar-refractivity contribution in [1.29, 1.82) is 0 Å². The monoisotopic (exact) mass is 362 g/mol. The topological polar surface area (TPSA) is 67.2 Å². The molecule has 1 atom stereocenters. The number of piperidine rings is 1. The molecule has 0 amide bonds. The largest absolute Gasteiger partial charge is 0.372 e. The maximum absolute atomic E-state index is 12.4. The molecule has 1 aromatic carbocycles. The molecule has 1 N–H and O–H groups in total. The lowest BCUT2D eigenvalue weighted by molar-refractivity contribution is 0.438. The molecule has 1 fully saturated rings. The summed E-state index contributed by atoms with van der Waals surface area (Å²) >= 11 is 0. The summed E-state index contributed by atoms with van der Waals surface area (Å²) in [4.78, 5) is 2.58. The van der Waals surface area contributed by atoms with Crippen LogP contribution in [0.5, 0.6) is 0 Å². The molecular weight excluding hydrogens is 336 g/mol. The van der Waals surface area contributed by atoms with Crippen LogP contribution in [0.15, 0.2) is 41.6 Å². The summed E-state index contributed by atoms with van der Waals surface area (Å²) in [6, 6.07) is 7.87. The van der Waals surface area contributed by atoms with Crippen LogP contribution < -0.4 is 9.62 Å². The summed E-state index contributed by atoms with van der Waals surface area (Å²) in [6.07, 6.45) is 5.30. The zero-order chi connectivity index (χ0) is 18.0. The van der Waals surface area contributed by atoms with Gasteiger partial charge in [0.25, 0.3) is 0 Å². The van der Waals surface area contributed by atoms with E-state index in [0.717, 1.165) is 24.6 Å². The minimum Gasteiger partial charge on any atom is -0.372 e. The summed E-state index contributed by atoms with van der Waals surface area (Å²) in [5.41, 5.74) is 2.15. The van der Waals surface area contributed by atoms with Gasteiger partial charge in [-0.25, -0.2) is 13.1 Å². The first kappa shape index (κ1) is 17.9. The molecule has 0 radical (unpaired) electrons. The van der Waals surface area contributed by atoms with Gasteiger partial charge in [0.1, 0.15) is 4.90 Å². The number of rotatable bonds is 5. The molecule has 25 heavy (non-hydrogen) atoms. The van der Waals surface area contributed by atoms with Crippen molar-refractivity contribution < 1.29 is 8.42 Å². The normalized spacial score (nSPS) is 17.6. The van der Waals surface area contributed by atoms with Gasteiger partial charge in [-0.05, 0) is 43.4 Å². The van der Waals surface area contributed by atoms with E-state index in [1.807, 2.05) is 19.1 Å². The summed E-state index contributed by atoms with van der Waals surface area (Å²) in [7, 11) is -1.87. The quantitative estimate of drug-likeness (QED) is 0.888. The summed E-state index contributed by atoms with van der Waals surface area (Å²) in [5, 5.41) is 3.92. The van der Waals surface area contributed by atoms with Gasteiger partial charge in [0, 0.05) is 38.1 Å². The Labute approximate surface area is 149 Å². The SMILES string of the molecule is CC1CCN(c2ccc([C@@H](C)NS(=O)(=O)c3cnn(C)c3)cc2)CC1. The Balaban J connectivity index is 1.67. The molecule has 1 aromatic heterocycles. The lowest BCUT2D eigenvalue weighted by Crippen LogP contribution is -2.32. The second-order valence-corrected chi connectivity index (χ2v) is 8.67. The van der Waals surface area contributed by atoms with Gasteiger partial charge < -0.3 is 4.90 Å². The number of benzene rings is 1. The van der Waals surface area contributed by atoms with Gasteiger partial charge >= 0.3 is 0 Å². The first-order valence-electron chi connectivity index (χ1n) is 8.71. The number of nitrogens with one attached hydrogen (secondary N) is 1. The van der Waals surface area contributed by atoms with E-state index < -0.39 is 10.0 Å². The van der Waals surface area contributed by atoms with Crippen LogP contribution in [-0.2, 0) is 17.1 Å². The van der Waals surface area contributed by atoms with Gasteiger partial charge in [-0.1, -0.05) is 19.1 Å². The molecule has 0 spiro atoms. The van der Waals surface area contributed by atoms with E-state index in [2.05, 4.69) is 33.8 Å². The number of hydrogen-bond acceptors (Lipinski definition) is 4. The van der Waals surface area contributed by atoms with Crippen molar-refractivity contribution in [3.8, 4) is 0 Å². The van der Waals surface area contributed by atoms with E-state index in [4.69, 9.17) is 0 Å². The molecule has 0 aliphatic carbocycles. The number of nitrogens with zero attached hydrogens (tertiary/aromatic N) is 3. The first-order valence-corrected chi connectivity index (χ1v) is 10.2. The van der Waals surface area contributed by atoms with E-state index in [1.54, 1.807) is 7.05 Å². The van der Waals surface area contributed by atoms with E-state index in [1.165, 1.54) is 35.6 Å². The fourth-order valence-electron chi connectivity index (χ4n) is 3.15. The molecule has 2 aromatic rings. The molecule has 3 rings (SSSR count). The summed E-state index contributed by atoms with van der Waals surface area (Å²) < 4.78 is 29.0. The predicted molar refractivity (Wildman–Crippen MR) is 99.0 cm³/mol. The van der Waals surface area contributed by atoms with Crippen LogP contribution in [-0.4, -0.2) is 31.3 Å². The van der Waals surface area contributed by atoms with Crippen LogP contribution in [0.1, 0.15) is 38.3 Å². The van der Waals surface area contributed by atoms with Gasteiger partial charge in [0.15, 0.2) is 0 Å². The lowest BCUT2D eigenvalue weighted by Gasteiger charge is -2.32. The minimum absolute atomic E-state index is 0.181. The highest BCUT2D eigenvalue weighted by atomic mass is 32.2. The number of aryl methyl sites for hydroxylation is 1. The van der Waals surface area contributed by atoms with Crippen molar-refractivity contribution in [3.05, 3.63) is 42.2 Å². The smallest absolute Gasteiger partial charge is 0.244 e. The Morgan fingerprint density at radius 2 is 1.84 bits per heavy atom. The van der Waals surface area contributed by atoms with Crippen LogP contribution in [0.3, 0.4) is 0 Å². The fraction of sp³-hybridized carbons (Fsp3) is 0.500. The standard InChI is InChI=1S/C18H26N4O2S/c1-14-8-10-22(11-9-14)17-6-4-16(5-7-17)15(2)20-25(23,24)18-12-19-21(3)13-18/h4-7,12-15,20H,8-11H2,1-3H3/t15-/m1/s1. The molecule has 2 heterocycles. The number of hydrogen-bond donors (Lipinski definition) is 1. The Morgan fingerprint density at radius 1 is 1.20 bits per heavy atom.